The van der Waals surface area contributed by atoms with Gasteiger partial charge in [-0.15, -0.1) is 0 Å². The van der Waals surface area contributed by atoms with Gasteiger partial charge in [0.2, 0.25) is 5.91 Å². The van der Waals surface area contributed by atoms with Crippen molar-refractivity contribution in [3.8, 4) is 6.07 Å². The fourth-order valence-corrected chi connectivity index (χ4v) is 1.87. The first-order valence-electron chi connectivity index (χ1n) is 5.52. The van der Waals surface area contributed by atoms with E-state index < -0.39 is 0 Å². The fourth-order valence-electron chi connectivity index (χ4n) is 1.87. The number of nitrogens with one attached hydrogen (secondary N) is 3. The molecule has 3 N–H and O–H groups in total. The maximum Gasteiger partial charge on any atom is 0.235 e. The third kappa shape index (κ3) is 3.03. The molecule has 2 atom stereocenters. The monoisotopic (exact) mass is 230 g/mol. The third-order valence-corrected chi connectivity index (χ3v) is 2.68. The first kappa shape index (κ1) is 11.6. The van der Waals surface area contributed by atoms with Gasteiger partial charge in [-0.05, 0) is 5.56 Å². The minimum atomic E-state index is -0.250. The Labute approximate surface area is 99.8 Å². The molecule has 0 aliphatic carbocycles. The summed E-state index contributed by atoms with van der Waals surface area (Å²) in [6.45, 7) is 0. The summed E-state index contributed by atoms with van der Waals surface area (Å²) < 4.78 is 0. The van der Waals surface area contributed by atoms with E-state index in [4.69, 9.17) is 5.26 Å². The van der Waals surface area contributed by atoms with Crippen LogP contribution in [-0.4, -0.2) is 12.1 Å². The van der Waals surface area contributed by atoms with Gasteiger partial charge in [-0.1, -0.05) is 30.3 Å². The van der Waals surface area contributed by atoms with Gasteiger partial charge in [-0.2, -0.15) is 5.26 Å². The van der Waals surface area contributed by atoms with Crippen molar-refractivity contribution in [2.75, 3.05) is 0 Å². The van der Waals surface area contributed by atoms with Gasteiger partial charge in [-0.3, -0.25) is 4.79 Å². The number of amides is 1. The average molecular weight is 230 g/mol. The molecule has 2 unspecified atom stereocenters. The number of hydrogen-bond donors (Lipinski definition) is 3. The second-order valence-electron chi connectivity index (χ2n) is 3.94. The summed E-state index contributed by atoms with van der Waals surface area (Å²) in [5.41, 5.74) is 7.30. The number of carbonyl (C=O) groups is 1. The van der Waals surface area contributed by atoms with E-state index in [1.54, 1.807) is 0 Å². The highest BCUT2D eigenvalue weighted by Gasteiger charge is 2.25. The molecule has 0 aromatic heterocycles. The lowest BCUT2D eigenvalue weighted by Crippen LogP contribution is -2.44. The average Bonchev–Trinajstić information content (AvgIpc) is 2.79. The molecule has 1 amide bonds. The van der Waals surface area contributed by atoms with Crippen molar-refractivity contribution in [3.05, 3.63) is 35.9 Å². The van der Waals surface area contributed by atoms with E-state index in [0.29, 0.717) is 0 Å². The van der Waals surface area contributed by atoms with Crippen LogP contribution in [0.3, 0.4) is 0 Å². The topological polar surface area (TPSA) is 77.0 Å². The van der Waals surface area contributed by atoms with Gasteiger partial charge >= 0.3 is 0 Å². The Balaban J connectivity index is 1.88. The first-order chi connectivity index (χ1) is 8.29. The van der Waals surface area contributed by atoms with E-state index in [2.05, 4.69) is 16.2 Å². The first-order valence-corrected chi connectivity index (χ1v) is 5.52. The highest BCUT2D eigenvalue weighted by molar-refractivity contribution is 5.78. The van der Waals surface area contributed by atoms with E-state index in [-0.39, 0.29) is 24.5 Å². The molecule has 1 saturated heterocycles. The molecule has 0 spiro atoms. The summed E-state index contributed by atoms with van der Waals surface area (Å²) in [4.78, 5) is 11.2. The summed E-state index contributed by atoms with van der Waals surface area (Å²) >= 11 is 0. The molecule has 2 rings (SSSR count). The molecule has 0 saturated carbocycles. The summed E-state index contributed by atoms with van der Waals surface area (Å²) in [5, 5.41) is 11.1. The zero-order chi connectivity index (χ0) is 12.1. The number of benzene rings is 1. The maximum atomic E-state index is 11.2. The Morgan fingerprint density at radius 1 is 1.41 bits per heavy atom. The lowest BCUT2D eigenvalue weighted by molar-refractivity contribution is -0.120. The van der Waals surface area contributed by atoms with Crippen molar-refractivity contribution in [2.45, 2.75) is 25.0 Å². The zero-order valence-corrected chi connectivity index (χ0v) is 9.31. The maximum absolute atomic E-state index is 11.2. The van der Waals surface area contributed by atoms with E-state index >= 15 is 0 Å². The standard InChI is InChI=1S/C12H14N4O/c13-7-6-12(17)14-11-8-10(15-16-11)9-4-2-1-3-5-9/h1-5,10-11,15-16H,6,8H2,(H,14,17). The Morgan fingerprint density at radius 3 is 2.88 bits per heavy atom. The van der Waals surface area contributed by atoms with Crippen LogP contribution in [0, 0.1) is 11.3 Å². The lowest BCUT2D eigenvalue weighted by Gasteiger charge is -2.10. The minimum absolute atomic E-state index is 0.103. The number of hydrazine groups is 1. The van der Waals surface area contributed by atoms with Crippen LogP contribution in [0.4, 0.5) is 0 Å². The molecule has 1 aromatic carbocycles. The third-order valence-electron chi connectivity index (χ3n) is 2.68. The quantitative estimate of drug-likeness (QED) is 0.710. The molecule has 1 aliphatic rings. The van der Waals surface area contributed by atoms with Crippen molar-refractivity contribution in [1.29, 1.82) is 5.26 Å². The van der Waals surface area contributed by atoms with Crippen LogP contribution >= 0.6 is 0 Å². The molecule has 1 heterocycles. The Hall–Kier alpha value is -1.90. The van der Waals surface area contributed by atoms with E-state index in [1.165, 1.54) is 5.56 Å². The van der Waals surface area contributed by atoms with Gasteiger partial charge in [0.25, 0.3) is 0 Å². The second-order valence-corrected chi connectivity index (χ2v) is 3.94. The largest absolute Gasteiger partial charge is 0.339 e. The summed E-state index contributed by atoms with van der Waals surface area (Å²) in [7, 11) is 0. The highest BCUT2D eigenvalue weighted by atomic mass is 16.1. The van der Waals surface area contributed by atoms with Crippen LogP contribution < -0.4 is 16.2 Å². The van der Waals surface area contributed by atoms with Crippen molar-refractivity contribution in [1.82, 2.24) is 16.2 Å². The zero-order valence-electron chi connectivity index (χ0n) is 9.31. The van der Waals surface area contributed by atoms with Crippen molar-refractivity contribution in [3.63, 3.8) is 0 Å². The normalized spacial score (nSPS) is 23.0. The van der Waals surface area contributed by atoms with E-state index in [0.717, 1.165) is 6.42 Å². The fraction of sp³-hybridized carbons (Fsp3) is 0.333. The van der Waals surface area contributed by atoms with Crippen molar-refractivity contribution < 1.29 is 4.79 Å². The Morgan fingerprint density at radius 2 is 2.18 bits per heavy atom. The predicted octanol–water partition coefficient (Wildman–Crippen LogP) is 0.582. The molecule has 1 aromatic rings. The highest BCUT2D eigenvalue weighted by Crippen LogP contribution is 2.20. The molecule has 0 bridgehead atoms. The summed E-state index contributed by atoms with van der Waals surface area (Å²) in [5.74, 6) is -0.250. The molecule has 1 aliphatic heterocycles. The molecule has 17 heavy (non-hydrogen) atoms. The molecule has 0 radical (unpaired) electrons. The van der Waals surface area contributed by atoms with Crippen LogP contribution in [0.1, 0.15) is 24.4 Å². The van der Waals surface area contributed by atoms with Crippen molar-refractivity contribution in [2.24, 2.45) is 0 Å². The van der Waals surface area contributed by atoms with Gasteiger partial charge in [0.15, 0.2) is 0 Å². The number of nitriles is 1. The van der Waals surface area contributed by atoms with Crippen LogP contribution in [0.2, 0.25) is 0 Å². The molecule has 5 heteroatoms. The second kappa shape index (κ2) is 5.43. The molecule has 1 fully saturated rings. The predicted molar refractivity (Wildman–Crippen MR) is 62.2 cm³/mol. The Kier molecular flexibility index (Phi) is 3.70. The molecule has 5 nitrogen and oxygen atoms in total. The number of rotatable bonds is 3. The lowest BCUT2D eigenvalue weighted by atomic mass is 10.0. The van der Waals surface area contributed by atoms with Crippen LogP contribution in [-0.2, 0) is 4.79 Å². The van der Waals surface area contributed by atoms with Crippen molar-refractivity contribution >= 4 is 5.91 Å². The molecular formula is C12H14N4O. The summed E-state index contributed by atoms with van der Waals surface area (Å²) in [6, 6.07) is 12.0. The van der Waals surface area contributed by atoms with Gasteiger partial charge in [0.05, 0.1) is 12.2 Å². The van der Waals surface area contributed by atoms with E-state index in [1.807, 2.05) is 36.4 Å². The van der Waals surface area contributed by atoms with Crippen LogP contribution in [0.5, 0.6) is 0 Å². The van der Waals surface area contributed by atoms with E-state index in [9.17, 15) is 4.79 Å². The van der Waals surface area contributed by atoms with Crippen LogP contribution in [0.25, 0.3) is 0 Å². The van der Waals surface area contributed by atoms with Gasteiger partial charge in [0.1, 0.15) is 6.42 Å². The minimum Gasteiger partial charge on any atom is -0.339 e. The SMILES string of the molecule is N#CCC(=O)NC1CC(c2ccccc2)NN1. The Bertz CT molecular complexity index is 426. The summed E-state index contributed by atoms with van der Waals surface area (Å²) in [6.07, 6.45) is 0.538. The molecular weight excluding hydrogens is 216 g/mol. The van der Waals surface area contributed by atoms with Gasteiger partial charge in [-0.25, -0.2) is 10.9 Å². The van der Waals surface area contributed by atoms with Gasteiger partial charge < -0.3 is 5.32 Å². The van der Waals surface area contributed by atoms with Crippen LogP contribution in [0.15, 0.2) is 30.3 Å². The van der Waals surface area contributed by atoms with Gasteiger partial charge in [0, 0.05) is 12.5 Å². The number of carbonyl (C=O) groups excluding carboxylic acids is 1. The number of hydrogen-bond acceptors (Lipinski definition) is 4. The number of nitrogens with zero attached hydrogens (tertiary/aromatic N) is 1. The molecule has 88 valence electrons. The smallest absolute Gasteiger partial charge is 0.235 e.